The summed E-state index contributed by atoms with van der Waals surface area (Å²) in [5.74, 6) is -0.786. The van der Waals surface area contributed by atoms with Crippen LogP contribution < -0.4 is 5.32 Å². The van der Waals surface area contributed by atoms with Gasteiger partial charge >= 0.3 is 12.1 Å². The zero-order chi connectivity index (χ0) is 25.3. The van der Waals surface area contributed by atoms with Gasteiger partial charge in [-0.1, -0.05) is 13.8 Å². The smallest absolute Gasteiger partial charge is 0.475 e. The normalized spacial score (nSPS) is 24.4. The average Bonchev–Trinajstić information content (AvgIpc) is 3.41. The Kier molecular flexibility index (Phi) is 7.35. The number of likely N-dealkylation sites (tertiary alicyclic amines) is 2. The summed E-state index contributed by atoms with van der Waals surface area (Å²) in [5.41, 5.74) is -0.295. The molecule has 2 spiro atoms. The van der Waals surface area contributed by atoms with Crippen LogP contribution in [0.25, 0.3) is 0 Å². The standard InChI is InChI=1S/C21H31N3O3.C2HF3O2/c1-15(2)12-23-13-20(21(14-23)6-9-22-19(21)26)7-10-24(11-8-20)18(25)17-5-4-16(3)27-17;3-2(4,5)1(6)7/h4-5,15H,6-14H2,1-3H3,(H,22,26);(H,6,7). The Hall–Kier alpha value is -2.56. The lowest BCUT2D eigenvalue weighted by Crippen LogP contribution is -2.53. The van der Waals surface area contributed by atoms with Gasteiger partial charge in [0.05, 0.1) is 5.41 Å². The van der Waals surface area contributed by atoms with E-state index in [9.17, 15) is 22.8 Å². The summed E-state index contributed by atoms with van der Waals surface area (Å²) in [6.07, 6.45) is -2.38. The van der Waals surface area contributed by atoms with Gasteiger partial charge < -0.3 is 24.6 Å². The van der Waals surface area contributed by atoms with Crippen LogP contribution in [0.2, 0.25) is 0 Å². The summed E-state index contributed by atoms with van der Waals surface area (Å²) in [6.45, 7) is 11.4. The fourth-order valence-electron chi connectivity index (χ4n) is 5.64. The van der Waals surface area contributed by atoms with Crippen LogP contribution in [0, 0.1) is 23.7 Å². The number of carbonyl (C=O) groups excluding carboxylic acids is 2. The van der Waals surface area contributed by atoms with Crippen LogP contribution in [0.5, 0.6) is 0 Å². The first kappa shape index (κ1) is 26.1. The van der Waals surface area contributed by atoms with Crippen LogP contribution in [0.15, 0.2) is 16.5 Å². The highest BCUT2D eigenvalue weighted by Crippen LogP contribution is 2.56. The molecule has 0 aromatic carbocycles. The lowest BCUT2D eigenvalue weighted by Gasteiger charge is -2.46. The van der Waals surface area contributed by atoms with Crippen molar-refractivity contribution in [3.8, 4) is 0 Å². The number of carboxylic acids is 1. The van der Waals surface area contributed by atoms with Crippen LogP contribution in [-0.2, 0) is 9.59 Å². The summed E-state index contributed by atoms with van der Waals surface area (Å²) < 4.78 is 37.3. The number of nitrogens with zero attached hydrogens (tertiary/aromatic N) is 2. The molecule has 3 fully saturated rings. The highest BCUT2D eigenvalue weighted by Gasteiger charge is 2.63. The van der Waals surface area contributed by atoms with Crippen LogP contribution in [-0.4, -0.2) is 78.1 Å². The highest BCUT2D eigenvalue weighted by atomic mass is 19.4. The number of hydrogen-bond donors (Lipinski definition) is 2. The van der Waals surface area contributed by atoms with Gasteiger partial charge in [0.2, 0.25) is 5.91 Å². The molecule has 190 valence electrons. The number of halogens is 3. The minimum Gasteiger partial charge on any atom is -0.475 e. The quantitative estimate of drug-likeness (QED) is 0.680. The molecule has 8 nitrogen and oxygen atoms in total. The number of aliphatic carboxylic acids is 1. The number of carbonyl (C=O) groups is 3. The molecule has 1 atom stereocenters. The number of nitrogens with one attached hydrogen (secondary N) is 1. The maximum absolute atomic E-state index is 12.9. The fraction of sp³-hybridized carbons (Fsp3) is 0.696. The molecule has 1 aromatic heterocycles. The first-order chi connectivity index (χ1) is 15.8. The third kappa shape index (κ3) is 5.08. The second-order valence-corrected chi connectivity index (χ2v) is 9.94. The zero-order valence-electron chi connectivity index (χ0n) is 19.7. The monoisotopic (exact) mass is 487 g/mol. The molecule has 34 heavy (non-hydrogen) atoms. The van der Waals surface area contributed by atoms with Crippen LogP contribution >= 0.6 is 0 Å². The lowest BCUT2D eigenvalue weighted by molar-refractivity contribution is -0.192. The SMILES string of the molecule is Cc1ccc(C(=O)N2CCC3(CC2)CN(CC(C)C)CC32CCNC2=O)o1.O=C(O)C(F)(F)F. The summed E-state index contributed by atoms with van der Waals surface area (Å²) in [5, 5.41) is 10.2. The molecule has 3 aliphatic rings. The Bertz CT molecular complexity index is 921. The Balaban J connectivity index is 0.000000406. The molecular formula is C23H32F3N3O5. The van der Waals surface area contributed by atoms with E-state index in [0.717, 1.165) is 51.2 Å². The fourth-order valence-corrected chi connectivity index (χ4v) is 5.64. The molecule has 0 saturated carbocycles. The maximum Gasteiger partial charge on any atom is 0.490 e. The van der Waals surface area contributed by atoms with E-state index in [1.807, 2.05) is 17.9 Å². The van der Waals surface area contributed by atoms with Crippen molar-refractivity contribution in [1.29, 1.82) is 0 Å². The molecule has 3 saturated heterocycles. The van der Waals surface area contributed by atoms with Crippen molar-refractivity contribution in [1.82, 2.24) is 15.1 Å². The molecule has 11 heteroatoms. The minimum absolute atomic E-state index is 0.0155. The Morgan fingerprint density at radius 2 is 1.79 bits per heavy atom. The third-order valence-electron chi connectivity index (χ3n) is 7.13. The highest BCUT2D eigenvalue weighted by molar-refractivity contribution is 5.91. The number of furan rings is 1. The van der Waals surface area contributed by atoms with Gasteiger partial charge in [-0.05, 0) is 44.2 Å². The van der Waals surface area contributed by atoms with E-state index < -0.39 is 12.1 Å². The van der Waals surface area contributed by atoms with E-state index in [-0.39, 0.29) is 22.6 Å². The van der Waals surface area contributed by atoms with E-state index >= 15 is 0 Å². The predicted molar refractivity (Wildman–Crippen MR) is 116 cm³/mol. The maximum atomic E-state index is 12.9. The average molecular weight is 488 g/mol. The van der Waals surface area contributed by atoms with Crippen molar-refractivity contribution in [3.63, 3.8) is 0 Å². The zero-order valence-corrected chi connectivity index (χ0v) is 19.7. The van der Waals surface area contributed by atoms with E-state index in [1.165, 1.54) is 0 Å². The second kappa shape index (κ2) is 9.59. The number of piperidine rings is 1. The molecule has 1 aromatic rings. The molecule has 3 aliphatic heterocycles. The Morgan fingerprint density at radius 3 is 2.24 bits per heavy atom. The summed E-state index contributed by atoms with van der Waals surface area (Å²) in [4.78, 5) is 38.9. The molecule has 0 radical (unpaired) electrons. The number of amides is 2. The molecule has 0 bridgehead atoms. The number of aryl methyl sites for hydroxylation is 1. The van der Waals surface area contributed by atoms with Gasteiger partial charge in [-0.25, -0.2) is 4.79 Å². The van der Waals surface area contributed by atoms with E-state index in [4.69, 9.17) is 14.3 Å². The molecular weight excluding hydrogens is 455 g/mol. The van der Waals surface area contributed by atoms with Crippen molar-refractivity contribution in [2.75, 3.05) is 39.3 Å². The van der Waals surface area contributed by atoms with Gasteiger partial charge in [0.25, 0.3) is 5.91 Å². The summed E-state index contributed by atoms with van der Waals surface area (Å²) in [6, 6.07) is 3.59. The summed E-state index contributed by atoms with van der Waals surface area (Å²) >= 11 is 0. The van der Waals surface area contributed by atoms with Gasteiger partial charge in [-0.15, -0.1) is 0 Å². The van der Waals surface area contributed by atoms with Crippen molar-refractivity contribution in [2.45, 2.75) is 46.2 Å². The lowest BCUT2D eigenvalue weighted by atomic mass is 9.60. The first-order valence-corrected chi connectivity index (χ1v) is 11.5. The topological polar surface area (TPSA) is 103 Å². The van der Waals surface area contributed by atoms with E-state index in [2.05, 4.69) is 24.1 Å². The van der Waals surface area contributed by atoms with E-state index in [0.29, 0.717) is 24.8 Å². The van der Waals surface area contributed by atoms with Crippen LogP contribution in [0.4, 0.5) is 13.2 Å². The molecule has 4 heterocycles. The molecule has 4 rings (SSSR count). The molecule has 2 N–H and O–H groups in total. The van der Waals surface area contributed by atoms with Crippen molar-refractivity contribution >= 4 is 17.8 Å². The molecule has 0 aliphatic carbocycles. The van der Waals surface area contributed by atoms with E-state index in [1.54, 1.807) is 6.07 Å². The number of carboxylic acid groups (broad SMARTS) is 1. The van der Waals surface area contributed by atoms with Gasteiger partial charge in [-0.2, -0.15) is 13.2 Å². The van der Waals surface area contributed by atoms with Gasteiger partial charge in [-0.3, -0.25) is 9.59 Å². The van der Waals surface area contributed by atoms with Crippen molar-refractivity contribution in [2.24, 2.45) is 16.7 Å². The molecule has 2 amide bonds. The van der Waals surface area contributed by atoms with Crippen LogP contribution in [0.3, 0.4) is 0 Å². The van der Waals surface area contributed by atoms with Crippen LogP contribution in [0.1, 0.15) is 49.4 Å². The third-order valence-corrected chi connectivity index (χ3v) is 7.13. The van der Waals surface area contributed by atoms with Crippen molar-refractivity contribution in [3.05, 3.63) is 23.7 Å². The Labute approximate surface area is 196 Å². The number of rotatable bonds is 3. The predicted octanol–water partition coefficient (Wildman–Crippen LogP) is 2.92. The molecule has 1 unspecified atom stereocenters. The minimum atomic E-state index is -5.08. The number of alkyl halides is 3. The largest absolute Gasteiger partial charge is 0.490 e. The van der Waals surface area contributed by atoms with Gasteiger partial charge in [0.15, 0.2) is 5.76 Å². The number of hydrogen-bond acceptors (Lipinski definition) is 5. The first-order valence-electron chi connectivity index (χ1n) is 11.5. The van der Waals surface area contributed by atoms with Crippen molar-refractivity contribution < 1.29 is 37.1 Å². The van der Waals surface area contributed by atoms with Gasteiger partial charge in [0.1, 0.15) is 5.76 Å². The van der Waals surface area contributed by atoms with Gasteiger partial charge in [0, 0.05) is 44.7 Å². The number of fused-ring (bicyclic) bond motifs is 1. The summed E-state index contributed by atoms with van der Waals surface area (Å²) in [7, 11) is 0. The second-order valence-electron chi connectivity index (χ2n) is 9.94. The Morgan fingerprint density at radius 1 is 1.18 bits per heavy atom.